The molecule has 3 rings (SSSR count). The number of hydrogen-bond donors (Lipinski definition) is 1. The Balaban J connectivity index is 1.69. The highest BCUT2D eigenvalue weighted by molar-refractivity contribution is 6.31. The number of carbonyl (C=O) groups is 1. The third-order valence-electron chi connectivity index (χ3n) is 3.02. The summed E-state index contributed by atoms with van der Waals surface area (Å²) in [6, 6.07) is 5.41. The Morgan fingerprint density at radius 3 is 3.00 bits per heavy atom. The fraction of sp³-hybridized carbons (Fsp3) is 0.286. The highest BCUT2D eigenvalue weighted by Gasteiger charge is 2.12. The van der Waals surface area contributed by atoms with Gasteiger partial charge in [-0.1, -0.05) is 16.8 Å². The zero-order valence-electron chi connectivity index (χ0n) is 12.1. The Morgan fingerprint density at radius 1 is 1.45 bits per heavy atom. The average Bonchev–Trinajstić information content (AvgIpc) is 3.04. The Kier molecular flexibility index (Phi) is 3.81. The minimum absolute atomic E-state index is 0.103. The molecule has 0 spiro atoms. The second kappa shape index (κ2) is 5.76. The van der Waals surface area contributed by atoms with E-state index in [0.717, 1.165) is 0 Å². The van der Waals surface area contributed by atoms with Gasteiger partial charge >= 0.3 is 6.01 Å². The van der Waals surface area contributed by atoms with Crippen molar-refractivity contribution in [2.75, 3.05) is 5.32 Å². The van der Waals surface area contributed by atoms with Crippen molar-refractivity contribution in [2.45, 2.75) is 26.3 Å². The summed E-state index contributed by atoms with van der Waals surface area (Å²) in [4.78, 5) is 16.2. The second-order valence-electron chi connectivity index (χ2n) is 5.14. The molecule has 0 saturated carbocycles. The molecule has 114 valence electrons. The summed E-state index contributed by atoms with van der Waals surface area (Å²) in [5.41, 5.74) is 1.74. The maximum Gasteiger partial charge on any atom is 0.302 e. The maximum absolute atomic E-state index is 12.0. The topological polar surface area (TPSA) is 85.8 Å². The quantitative estimate of drug-likeness (QED) is 0.799. The highest BCUT2D eigenvalue weighted by atomic mass is 35.5. The van der Waals surface area contributed by atoms with Gasteiger partial charge < -0.3 is 4.42 Å². The van der Waals surface area contributed by atoms with E-state index >= 15 is 0 Å². The number of fused-ring (bicyclic) bond motifs is 1. The Hall–Kier alpha value is -2.41. The molecule has 0 bridgehead atoms. The van der Waals surface area contributed by atoms with Gasteiger partial charge in [-0.25, -0.2) is 4.68 Å². The van der Waals surface area contributed by atoms with E-state index in [1.165, 1.54) is 0 Å². The van der Waals surface area contributed by atoms with Crippen molar-refractivity contribution in [3.05, 3.63) is 35.1 Å². The third-order valence-corrected chi connectivity index (χ3v) is 3.26. The lowest BCUT2D eigenvalue weighted by molar-refractivity contribution is -0.115. The van der Waals surface area contributed by atoms with Gasteiger partial charge in [0.2, 0.25) is 5.91 Å². The van der Waals surface area contributed by atoms with Gasteiger partial charge in [-0.15, -0.1) is 5.10 Å². The average molecular weight is 320 g/mol. The summed E-state index contributed by atoms with van der Waals surface area (Å²) < 4.78 is 7.13. The van der Waals surface area contributed by atoms with Crippen molar-refractivity contribution in [3.63, 3.8) is 0 Å². The summed E-state index contributed by atoms with van der Waals surface area (Å²) in [5.74, 6) is -0.270. The van der Waals surface area contributed by atoms with Crippen molar-refractivity contribution < 1.29 is 9.21 Å². The monoisotopic (exact) mass is 319 g/mol. The van der Waals surface area contributed by atoms with Gasteiger partial charge in [0.05, 0.1) is 12.1 Å². The van der Waals surface area contributed by atoms with Crippen LogP contribution in [0.5, 0.6) is 0 Å². The number of aromatic nitrogens is 4. The highest BCUT2D eigenvalue weighted by Crippen LogP contribution is 2.22. The van der Waals surface area contributed by atoms with E-state index in [1.54, 1.807) is 29.1 Å². The van der Waals surface area contributed by atoms with Gasteiger partial charge in [0.25, 0.3) is 0 Å². The van der Waals surface area contributed by atoms with Crippen molar-refractivity contribution in [1.29, 1.82) is 0 Å². The van der Waals surface area contributed by atoms with E-state index < -0.39 is 0 Å². The molecule has 22 heavy (non-hydrogen) atoms. The molecule has 0 radical (unpaired) electrons. The number of carbonyl (C=O) groups excluding carboxylic acids is 1. The summed E-state index contributed by atoms with van der Waals surface area (Å²) in [6.07, 6.45) is 1.85. The van der Waals surface area contributed by atoms with Gasteiger partial charge in [-0.2, -0.15) is 4.98 Å². The van der Waals surface area contributed by atoms with Crippen LogP contribution >= 0.6 is 11.6 Å². The predicted molar refractivity (Wildman–Crippen MR) is 81.8 cm³/mol. The lowest BCUT2D eigenvalue weighted by Gasteiger charge is -2.01. The van der Waals surface area contributed by atoms with Crippen LogP contribution in [0.2, 0.25) is 5.02 Å². The molecular formula is C14H14ClN5O2. The molecule has 2 heterocycles. The number of oxazole rings is 1. The van der Waals surface area contributed by atoms with E-state index in [-0.39, 0.29) is 24.4 Å². The Bertz CT molecular complexity index is 824. The third kappa shape index (κ3) is 3.09. The number of benzene rings is 1. The van der Waals surface area contributed by atoms with Gasteiger partial charge in [0.15, 0.2) is 5.58 Å². The molecule has 1 aromatic carbocycles. The number of anilines is 1. The zero-order chi connectivity index (χ0) is 15.7. The lowest BCUT2D eigenvalue weighted by Crippen LogP contribution is -2.14. The van der Waals surface area contributed by atoms with Crippen LogP contribution in [-0.4, -0.2) is 25.9 Å². The fourth-order valence-electron chi connectivity index (χ4n) is 1.93. The number of halogens is 1. The summed E-state index contributed by atoms with van der Waals surface area (Å²) in [7, 11) is 0. The number of rotatable bonds is 4. The summed E-state index contributed by atoms with van der Waals surface area (Å²) in [6.45, 7) is 3.98. The van der Waals surface area contributed by atoms with Crippen molar-refractivity contribution >= 4 is 34.6 Å². The largest absolute Gasteiger partial charge is 0.423 e. The van der Waals surface area contributed by atoms with Crippen LogP contribution < -0.4 is 5.32 Å². The smallest absolute Gasteiger partial charge is 0.302 e. The molecule has 1 N–H and O–H groups in total. The molecule has 0 unspecified atom stereocenters. The number of hydrogen-bond acceptors (Lipinski definition) is 5. The normalized spacial score (nSPS) is 11.3. The van der Waals surface area contributed by atoms with E-state index in [0.29, 0.717) is 21.8 Å². The first-order chi connectivity index (χ1) is 10.5. The molecular weight excluding hydrogens is 306 g/mol. The lowest BCUT2D eigenvalue weighted by atomic mass is 10.3. The first-order valence-corrected chi connectivity index (χ1v) is 7.16. The van der Waals surface area contributed by atoms with Crippen LogP contribution in [0.25, 0.3) is 11.1 Å². The van der Waals surface area contributed by atoms with Crippen LogP contribution in [-0.2, 0) is 11.2 Å². The zero-order valence-corrected chi connectivity index (χ0v) is 12.8. The van der Waals surface area contributed by atoms with Crippen LogP contribution in [0, 0.1) is 0 Å². The molecule has 0 aliphatic rings. The first-order valence-electron chi connectivity index (χ1n) is 6.78. The van der Waals surface area contributed by atoms with Crippen LogP contribution in [0.15, 0.2) is 28.8 Å². The van der Waals surface area contributed by atoms with E-state index in [2.05, 4.69) is 20.6 Å². The molecule has 2 aromatic heterocycles. The molecule has 1 amide bonds. The minimum Gasteiger partial charge on any atom is -0.423 e. The van der Waals surface area contributed by atoms with Gasteiger partial charge in [-0.05, 0) is 32.0 Å². The molecule has 0 aliphatic heterocycles. The minimum atomic E-state index is -0.270. The molecule has 3 aromatic rings. The van der Waals surface area contributed by atoms with Crippen LogP contribution in [0.3, 0.4) is 0 Å². The van der Waals surface area contributed by atoms with Crippen molar-refractivity contribution in [3.8, 4) is 0 Å². The molecule has 0 atom stereocenters. The number of nitrogens with zero attached hydrogens (tertiary/aromatic N) is 4. The van der Waals surface area contributed by atoms with E-state index in [4.69, 9.17) is 16.0 Å². The Labute approximate surface area is 131 Å². The molecule has 0 aliphatic carbocycles. The first kappa shape index (κ1) is 14.5. The fourth-order valence-corrected chi connectivity index (χ4v) is 2.10. The van der Waals surface area contributed by atoms with Gasteiger partial charge in [0, 0.05) is 17.3 Å². The molecule has 7 nitrogen and oxygen atoms in total. The summed E-state index contributed by atoms with van der Waals surface area (Å²) in [5, 5.41) is 11.1. The number of amides is 1. The van der Waals surface area contributed by atoms with Gasteiger partial charge in [0.1, 0.15) is 5.52 Å². The SMILES string of the molecule is CC(C)n1cc(CC(=O)Nc2nc3cc(Cl)ccc3o2)nn1. The second-order valence-corrected chi connectivity index (χ2v) is 5.58. The van der Waals surface area contributed by atoms with Crippen molar-refractivity contribution in [2.24, 2.45) is 0 Å². The van der Waals surface area contributed by atoms with E-state index in [1.807, 2.05) is 13.8 Å². The predicted octanol–water partition coefficient (Wildman–Crippen LogP) is 2.83. The summed E-state index contributed by atoms with van der Waals surface area (Å²) >= 11 is 5.88. The van der Waals surface area contributed by atoms with Gasteiger partial charge in [-0.3, -0.25) is 10.1 Å². The van der Waals surface area contributed by atoms with Crippen molar-refractivity contribution in [1.82, 2.24) is 20.0 Å². The standard InChI is InChI=1S/C14H14ClN5O2/c1-8(2)20-7-10(18-19-20)6-13(21)17-14-16-11-5-9(15)3-4-12(11)22-14/h3-5,7-8H,6H2,1-2H3,(H,16,17,21). The van der Waals surface area contributed by atoms with Crippen LogP contribution in [0.4, 0.5) is 6.01 Å². The van der Waals surface area contributed by atoms with E-state index in [9.17, 15) is 4.79 Å². The number of nitrogens with one attached hydrogen (secondary N) is 1. The Morgan fingerprint density at radius 2 is 2.27 bits per heavy atom. The molecule has 8 heteroatoms. The molecule has 0 saturated heterocycles. The maximum atomic E-state index is 12.0. The van der Waals surface area contributed by atoms with Crippen LogP contribution in [0.1, 0.15) is 25.6 Å². The molecule has 0 fully saturated rings.